The Balaban J connectivity index is 1.47. The number of carbonyl (C=O) groups excluding carboxylic acids is 3. The number of nitrogens with two attached hydrogens (primary N) is 1. The fraction of sp³-hybridized carbons (Fsp3) is 0.312. The fourth-order valence-electron chi connectivity index (χ4n) is 2.51. The van der Waals surface area contributed by atoms with Crippen molar-refractivity contribution in [2.24, 2.45) is 0 Å². The van der Waals surface area contributed by atoms with Gasteiger partial charge in [-0.2, -0.15) is 0 Å². The minimum atomic E-state index is -0.810. The number of ether oxygens (including phenoxy) is 1. The molecule has 2 N–H and O–H groups in total. The maximum atomic E-state index is 12.2. The van der Waals surface area contributed by atoms with Crippen molar-refractivity contribution >= 4 is 23.6 Å². The van der Waals surface area contributed by atoms with Crippen LogP contribution in [0.15, 0.2) is 35.2 Å². The summed E-state index contributed by atoms with van der Waals surface area (Å²) < 4.78 is 10.0. The maximum Gasteiger partial charge on any atom is 0.361 e. The molecule has 3 heterocycles. The second kappa shape index (κ2) is 7.64. The predicted molar refractivity (Wildman–Crippen MR) is 87.9 cm³/mol. The number of nitrogens with zero attached hydrogens (tertiary/aromatic N) is 4. The van der Waals surface area contributed by atoms with Crippen molar-refractivity contribution in [2.45, 2.75) is 0 Å². The highest BCUT2D eigenvalue weighted by atomic mass is 16.5. The molecular weight excluding hydrogens is 342 g/mol. The summed E-state index contributed by atoms with van der Waals surface area (Å²) in [5, 5.41) is 0. The topological polar surface area (TPSA) is 132 Å². The van der Waals surface area contributed by atoms with Crippen molar-refractivity contribution in [1.29, 1.82) is 0 Å². The molecule has 1 saturated heterocycles. The molecule has 0 radical (unpaired) electrons. The lowest BCUT2D eigenvalue weighted by molar-refractivity contribution is -0.136. The molecular formula is C16H17N5O5. The molecule has 0 atom stereocenters. The van der Waals surface area contributed by atoms with Crippen molar-refractivity contribution in [1.82, 2.24) is 19.8 Å². The Bertz CT molecular complexity index is 799. The van der Waals surface area contributed by atoms with Crippen molar-refractivity contribution < 1.29 is 23.5 Å². The minimum absolute atomic E-state index is 0.0602. The third kappa shape index (κ3) is 3.79. The first-order valence-electron chi connectivity index (χ1n) is 7.90. The van der Waals surface area contributed by atoms with Gasteiger partial charge in [-0.05, 0) is 12.1 Å². The first-order valence-corrected chi connectivity index (χ1v) is 7.90. The van der Waals surface area contributed by atoms with Gasteiger partial charge in [-0.3, -0.25) is 9.59 Å². The summed E-state index contributed by atoms with van der Waals surface area (Å²) in [4.78, 5) is 46.9. The van der Waals surface area contributed by atoms with E-state index in [-0.39, 0.29) is 29.1 Å². The largest absolute Gasteiger partial charge is 0.459 e. The van der Waals surface area contributed by atoms with E-state index in [1.807, 2.05) is 0 Å². The molecule has 1 aliphatic heterocycles. The molecule has 136 valence electrons. The monoisotopic (exact) mass is 359 g/mol. The van der Waals surface area contributed by atoms with Crippen LogP contribution in [0.5, 0.6) is 0 Å². The molecule has 3 rings (SSSR count). The number of nitrogen functional groups attached to an aromatic ring is 1. The molecule has 26 heavy (non-hydrogen) atoms. The molecule has 2 aromatic heterocycles. The first-order chi connectivity index (χ1) is 12.6. The standard InChI is InChI=1S/C16H17N5O5/c17-14-13(18-3-4-19-14)16(24)26-10-12(22)20-5-7-21(8-6-20)15(23)11-2-1-9-25-11/h1-4,9H,5-8,10H2,(H2,17,19). The minimum Gasteiger partial charge on any atom is -0.459 e. The molecule has 0 bridgehead atoms. The number of rotatable bonds is 4. The fourth-order valence-corrected chi connectivity index (χ4v) is 2.51. The average molecular weight is 359 g/mol. The van der Waals surface area contributed by atoms with Crippen molar-refractivity contribution in [3.63, 3.8) is 0 Å². The zero-order valence-electron chi connectivity index (χ0n) is 13.8. The molecule has 10 nitrogen and oxygen atoms in total. The van der Waals surface area contributed by atoms with E-state index in [2.05, 4.69) is 9.97 Å². The van der Waals surface area contributed by atoms with E-state index in [0.29, 0.717) is 26.2 Å². The Morgan fingerprint density at radius 1 is 1.12 bits per heavy atom. The quantitative estimate of drug-likeness (QED) is 0.742. The Kier molecular flexibility index (Phi) is 5.11. The number of furan rings is 1. The Labute approximate surface area is 148 Å². The second-order valence-corrected chi connectivity index (χ2v) is 5.52. The van der Waals surface area contributed by atoms with Gasteiger partial charge in [-0.15, -0.1) is 0 Å². The summed E-state index contributed by atoms with van der Waals surface area (Å²) in [6.45, 7) is 1.000. The number of hydrogen-bond donors (Lipinski definition) is 1. The summed E-state index contributed by atoms with van der Waals surface area (Å²) in [6, 6.07) is 3.24. The number of anilines is 1. The van der Waals surface area contributed by atoms with E-state index >= 15 is 0 Å². The van der Waals surface area contributed by atoms with Gasteiger partial charge in [-0.25, -0.2) is 14.8 Å². The van der Waals surface area contributed by atoms with Gasteiger partial charge in [0.05, 0.1) is 6.26 Å². The highest BCUT2D eigenvalue weighted by Gasteiger charge is 2.26. The van der Waals surface area contributed by atoms with Gasteiger partial charge in [0.2, 0.25) is 0 Å². The van der Waals surface area contributed by atoms with Crippen LogP contribution in [0.25, 0.3) is 0 Å². The van der Waals surface area contributed by atoms with E-state index in [0.717, 1.165) is 0 Å². The van der Waals surface area contributed by atoms with Gasteiger partial charge >= 0.3 is 5.97 Å². The average Bonchev–Trinajstić information content (AvgIpc) is 3.20. The first kappa shape index (κ1) is 17.4. The SMILES string of the molecule is Nc1nccnc1C(=O)OCC(=O)N1CCN(C(=O)c2ccco2)CC1. The number of esters is 1. The lowest BCUT2D eigenvalue weighted by Crippen LogP contribution is -2.51. The lowest BCUT2D eigenvalue weighted by atomic mass is 10.3. The highest BCUT2D eigenvalue weighted by molar-refractivity contribution is 5.93. The summed E-state index contributed by atoms with van der Waals surface area (Å²) in [7, 11) is 0. The zero-order valence-corrected chi connectivity index (χ0v) is 13.8. The molecule has 1 aliphatic rings. The van der Waals surface area contributed by atoms with Crippen LogP contribution in [0.2, 0.25) is 0 Å². The second-order valence-electron chi connectivity index (χ2n) is 5.52. The Hall–Kier alpha value is -3.43. The summed E-state index contributed by atoms with van der Waals surface area (Å²) >= 11 is 0. The zero-order chi connectivity index (χ0) is 18.5. The lowest BCUT2D eigenvalue weighted by Gasteiger charge is -2.34. The maximum absolute atomic E-state index is 12.2. The molecule has 1 fully saturated rings. The molecule has 0 unspecified atom stereocenters. The molecule has 0 aromatic carbocycles. The van der Waals surface area contributed by atoms with E-state index in [9.17, 15) is 14.4 Å². The van der Waals surface area contributed by atoms with Gasteiger partial charge in [0.15, 0.2) is 23.9 Å². The van der Waals surface area contributed by atoms with E-state index in [4.69, 9.17) is 14.9 Å². The highest BCUT2D eigenvalue weighted by Crippen LogP contribution is 2.10. The molecule has 2 aromatic rings. The van der Waals surface area contributed by atoms with Crippen LogP contribution in [0.4, 0.5) is 5.82 Å². The van der Waals surface area contributed by atoms with E-state index in [1.54, 1.807) is 17.0 Å². The van der Waals surface area contributed by atoms with Crippen LogP contribution in [0, 0.1) is 0 Å². The number of aromatic nitrogens is 2. The van der Waals surface area contributed by atoms with E-state index in [1.165, 1.54) is 23.6 Å². The summed E-state index contributed by atoms with van der Waals surface area (Å²) in [5.41, 5.74) is 5.41. The van der Waals surface area contributed by atoms with Crippen LogP contribution in [-0.2, 0) is 9.53 Å². The predicted octanol–water partition coefficient (Wildman–Crippen LogP) is -0.207. The number of amides is 2. The van der Waals surface area contributed by atoms with Gasteiger partial charge in [0, 0.05) is 38.6 Å². The smallest absolute Gasteiger partial charge is 0.361 e. The van der Waals surface area contributed by atoms with Crippen LogP contribution in [-0.4, -0.2) is 70.3 Å². The third-order valence-corrected chi connectivity index (χ3v) is 3.90. The van der Waals surface area contributed by atoms with E-state index < -0.39 is 12.6 Å². The van der Waals surface area contributed by atoms with Crippen LogP contribution in [0.3, 0.4) is 0 Å². The van der Waals surface area contributed by atoms with Gasteiger partial charge < -0.3 is 24.7 Å². The number of piperazine rings is 1. The van der Waals surface area contributed by atoms with Crippen molar-refractivity contribution in [3.8, 4) is 0 Å². The Morgan fingerprint density at radius 2 is 1.81 bits per heavy atom. The van der Waals surface area contributed by atoms with Crippen LogP contribution in [0.1, 0.15) is 21.0 Å². The van der Waals surface area contributed by atoms with Gasteiger partial charge in [-0.1, -0.05) is 0 Å². The number of carbonyl (C=O) groups is 3. The molecule has 0 saturated carbocycles. The van der Waals surface area contributed by atoms with Crippen LogP contribution >= 0.6 is 0 Å². The third-order valence-electron chi connectivity index (χ3n) is 3.90. The van der Waals surface area contributed by atoms with Gasteiger partial charge in [0.1, 0.15) is 0 Å². The summed E-state index contributed by atoms with van der Waals surface area (Å²) in [6.07, 6.45) is 4.09. The van der Waals surface area contributed by atoms with Crippen LogP contribution < -0.4 is 5.73 Å². The molecule has 0 spiro atoms. The van der Waals surface area contributed by atoms with Crippen molar-refractivity contribution in [3.05, 3.63) is 42.2 Å². The Morgan fingerprint density at radius 3 is 2.46 bits per heavy atom. The molecule has 0 aliphatic carbocycles. The number of hydrogen-bond acceptors (Lipinski definition) is 8. The van der Waals surface area contributed by atoms with Gasteiger partial charge in [0.25, 0.3) is 11.8 Å². The summed E-state index contributed by atoms with van der Waals surface area (Å²) in [5.74, 6) is -1.18. The molecule has 2 amide bonds. The molecule has 10 heteroatoms. The van der Waals surface area contributed by atoms with Crippen molar-refractivity contribution in [2.75, 3.05) is 38.5 Å². The normalized spacial score (nSPS) is 14.2.